The van der Waals surface area contributed by atoms with Gasteiger partial charge in [-0.1, -0.05) is 23.7 Å². The summed E-state index contributed by atoms with van der Waals surface area (Å²) in [5, 5.41) is 4.43. The number of sulfonamides is 1. The van der Waals surface area contributed by atoms with E-state index in [0.29, 0.717) is 22.1 Å². The van der Waals surface area contributed by atoms with Gasteiger partial charge >= 0.3 is 0 Å². The van der Waals surface area contributed by atoms with Crippen LogP contribution in [0.3, 0.4) is 0 Å². The van der Waals surface area contributed by atoms with Gasteiger partial charge in [0.2, 0.25) is 10.0 Å². The summed E-state index contributed by atoms with van der Waals surface area (Å²) in [4.78, 5) is -0.0141. The van der Waals surface area contributed by atoms with Crippen LogP contribution in [0.2, 0.25) is 5.02 Å². The van der Waals surface area contributed by atoms with Crippen molar-refractivity contribution >= 4 is 27.3 Å². The molecule has 148 valence electrons. The molecule has 3 aromatic rings. The summed E-state index contributed by atoms with van der Waals surface area (Å²) < 4.78 is 40.3. The van der Waals surface area contributed by atoms with Gasteiger partial charge in [0.25, 0.3) is 0 Å². The zero-order chi connectivity index (χ0) is 20.3. The van der Waals surface area contributed by atoms with Gasteiger partial charge in [-0.15, -0.1) is 0 Å². The molecule has 0 amide bonds. The van der Waals surface area contributed by atoms with Gasteiger partial charge in [0.15, 0.2) is 0 Å². The number of hydrogen-bond acceptors (Lipinski definition) is 6. The number of nitrogen functional groups attached to an aromatic ring is 1. The highest BCUT2D eigenvalue weighted by Crippen LogP contribution is 2.28. The second-order valence-corrected chi connectivity index (χ2v) is 7.97. The first-order valence-corrected chi connectivity index (χ1v) is 10.0. The van der Waals surface area contributed by atoms with Crippen molar-refractivity contribution < 1.29 is 17.9 Å². The molecular weight excluding hydrogens is 404 g/mol. The van der Waals surface area contributed by atoms with Crippen molar-refractivity contribution in [1.29, 1.82) is 0 Å². The predicted octanol–water partition coefficient (Wildman–Crippen LogP) is 2.60. The standard InChI is InChI=1S/C18H19ClN4O4S/c1-26-14-7-6-12(16(8-14)27-2)9-22-28(24,25)17-5-3-4-15(20)18(17)23-11-13(19)10-21-23/h3-8,10-11,22H,9,20H2,1-2H3. The minimum atomic E-state index is -3.91. The van der Waals surface area contributed by atoms with Crippen molar-refractivity contribution in [3.63, 3.8) is 0 Å². The number of benzene rings is 2. The molecule has 0 saturated heterocycles. The lowest BCUT2D eigenvalue weighted by Crippen LogP contribution is -2.25. The first kappa shape index (κ1) is 20.0. The van der Waals surface area contributed by atoms with E-state index < -0.39 is 10.0 Å². The van der Waals surface area contributed by atoms with Gasteiger partial charge in [-0.25, -0.2) is 17.8 Å². The Morgan fingerprint density at radius 2 is 2.00 bits per heavy atom. The van der Waals surface area contributed by atoms with Crippen LogP contribution in [0.25, 0.3) is 5.69 Å². The number of para-hydroxylation sites is 1. The number of ether oxygens (including phenoxy) is 2. The summed E-state index contributed by atoms with van der Waals surface area (Å²) >= 11 is 5.92. The Morgan fingerprint density at radius 3 is 2.64 bits per heavy atom. The maximum atomic E-state index is 13.0. The molecule has 0 radical (unpaired) electrons. The largest absolute Gasteiger partial charge is 0.497 e. The molecule has 0 spiro atoms. The van der Waals surface area contributed by atoms with Crippen LogP contribution in [0.4, 0.5) is 5.69 Å². The van der Waals surface area contributed by atoms with Crippen LogP contribution in [0.15, 0.2) is 53.7 Å². The molecule has 3 rings (SSSR count). The molecule has 0 aliphatic heterocycles. The van der Waals surface area contributed by atoms with Crippen molar-refractivity contribution in [3.05, 3.63) is 59.4 Å². The summed E-state index contributed by atoms with van der Waals surface area (Å²) in [5.74, 6) is 1.12. The third-order valence-corrected chi connectivity index (χ3v) is 5.67. The maximum Gasteiger partial charge on any atom is 0.243 e. The van der Waals surface area contributed by atoms with Gasteiger partial charge in [-0.3, -0.25) is 0 Å². The fraction of sp³-hybridized carbons (Fsp3) is 0.167. The summed E-state index contributed by atoms with van der Waals surface area (Å²) in [5.41, 5.74) is 7.15. The lowest BCUT2D eigenvalue weighted by molar-refractivity contribution is 0.390. The number of halogens is 1. The van der Waals surface area contributed by atoms with Crippen LogP contribution in [-0.4, -0.2) is 32.4 Å². The molecule has 10 heteroatoms. The van der Waals surface area contributed by atoms with Crippen LogP contribution in [0.1, 0.15) is 5.56 Å². The fourth-order valence-electron chi connectivity index (χ4n) is 2.67. The SMILES string of the molecule is COc1ccc(CNS(=O)(=O)c2cccc(N)c2-n2cc(Cl)cn2)c(OC)c1. The molecule has 2 aromatic carbocycles. The smallest absolute Gasteiger partial charge is 0.243 e. The molecule has 1 aromatic heterocycles. The second-order valence-electron chi connectivity index (χ2n) is 5.80. The topological polar surface area (TPSA) is 108 Å². The van der Waals surface area contributed by atoms with Gasteiger partial charge in [0, 0.05) is 24.4 Å². The molecule has 0 saturated carbocycles. The van der Waals surface area contributed by atoms with Crippen molar-refractivity contribution in [2.75, 3.05) is 20.0 Å². The molecule has 0 aliphatic carbocycles. The molecular formula is C18H19ClN4O4S. The van der Waals surface area contributed by atoms with Crippen molar-refractivity contribution in [2.45, 2.75) is 11.4 Å². The molecule has 0 bridgehead atoms. The van der Waals surface area contributed by atoms with Crippen LogP contribution >= 0.6 is 11.6 Å². The Kier molecular flexibility index (Phi) is 5.78. The molecule has 0 atom stereocenters. The normalized spacial score (nSPS) is 11.4. The Balaban J connectivity index is 1.94. The van der Waals surface area contributed by atoms with Gasteiger partial charge in [-0.05, 0) is 18.2 Å². The number of nitrogens with one attached hydrogen (secondary N) is 1. The van der Waals surface area contributed by atoms with Crippen LogP contribution in [0.5, 0.6) is 11.5 Å². The van der Waals surface area contributed by atoms with E-state index in [1.165, 1.54) is 30.3 Å². The molecule has 0 fully saturated rings. The molecule has 3 N–H and O–H groups in total. The van der Waals surface area contributed by atoms with Gasteiger partial charge in [-0.2, -0.15) is 5.10 Å². The minimum absolute atomic E-state index is 0.0141. The molecule has 0 unspecified atom stereocenters. The van der Waals surface area contributed by atoms with Crippen molar-refractivity contribution in [2.24, 2.45) is 0 Å². The van der Waals surface area contributed by atoms with E-state index in [2.05, 4.69) is 9.82 Å². The zero-order valence-corrected chi connectivity index (χ0v) is 16.8. The second kappa shape index (κ2) is 8.09. The number of aromatic nitrogens is 2. The van der Waals surface area contributed by atoms with Crippen LogP contribution in [-0.2, 0) is 16.6 Å². The first-order valence-electron chi connectivity index (χ1n) is 8.15. The number of hydrogen-bond donors (Lipinski definition) is 2. The van der Waals surface area contributed by atoms with E-state index in [1.807, 2.05) is 0 Å². The Bertz CT molecular complexity index is 1100. The lowest BCUT2D eigenvalue weighted by atomic mass is 10.2. The summed E-state index contributed by atoms with van der Waals surface area (Å²) in [6.45, 7) is 0.0175. The monoisotopic (exact) mass is 422 g/mol. The van der Waals surface area contributed by atoms with Crippen LogP contribution in [0, 0.1) is 0 Å². The molecule has 1 heterocycles. The van der Waals surface area contributed by atoms with Crippen molar-refractivity contribution in [3.8, 4) is 17.2 Å². The average molecular weight is 423 g/mol. The van der Waals surface area contributed by atoms with Crippen molar-refractivity contribution in [1.82, 2.24) is 14.5 Å². The van der Waals surface area contributed by atoms with E-state index in [4.69, 9.17) is 26.8 Å². The van der Waals surface area contributed by atoms with E-state index in [-0.39, 0.29) is 22.8 Å². The Labute approximate surface area is 167 Å². The third-order valence-electron chi connectivity index (χ3n) is 4.05. The summed E-state index contributed by atoms with van der Waals surface area (Å²) in [7, 11) is -0.866. The minimum Gasteiger partial charge on any atom is -0.497 e. The van der Waals surface area contributed by atoms with Gasteiger partial charge < -0.3 is 15.2 Å². The highest BCUT2D eigenvalue weighted by atomic mass is 35.5. The predicted molar refractivity (Wildman–Crippen MR) is 107 cm³/mol. The lowest BCUT2D eigenvalue weighted by Gasteiger charge is -2.15. The van der Waals surface area contributed by atoms with Gasteiger partial charge in [0.05, 0.1) is 31.1 Å². The van der Waals surface area contributed by atoms with Gasteiger partial charge in [0.1, 0.15) is 22.1 Å². The molecule has 8 nitrogen and oxygen atoms in total. The maximum absolute atomic E-state index is 13.0. The summed E-state index contributed by atoms with van der Waals surface area (Å²) in [6.07, 6.45) is 2.89. The number of rotatable bonds is 7. The third kappa shape index (κ3) is 4.06. The highest BCUT2D eigenvalue weighted by molar-refractivity contribution is 7.89. The van der Waals surface area contributed by atoms with E-state index in [0.717, 1.165) is 0 Å². The number of methoxy groups -OCH3 is 2. The Hall–Kier alpha value is -2.75. The number of nitrogens with two attached hydrogens (primary N) is 1. The van der Waals surface area contributed by atoms with Crippen LogP contribution < -0.4 is 19.9 Å². The average Bonchev–Trinajstić information content (AvgIpc) is 3.11. The highest BCUT2D eigenvalue weighted by Gasteiger charge is 2.22. The van der Waals surface area contributed by atoms with E-state index in [9.17, 15) is 8.42 Å². The number of anilines is 1. The fourth-order valence-corrected chi connectivity index (χ4v) is 4.03. The van der Waals surface area contributed by atoms with E-state index >= 15 is 0 Å². The summed E-state index contributed by atoms with van der Waals surface area (Å²) in [6, 6.07) is 9.75. The zero-order valence-electron chi connectivity index (χ0n) is 15.2. The first-order chi connectivity index (χ1) is 13.4. The number of nitrogens with zero attached hydrogens (tertiary/aromatic N) is 2. The Morgan fingerprint density at radius 1 is 1.21 bits per heavy atom. The molecule has 28 heavy (non-hydrogen) atoms. The molecule has 0 aliphatic rings. The quantitative estimate of drug-likeness (QED) is 0.566. The van der Waals surface area contributed by atoms with E-state index in [1.54, 1.807) is 37.4 Å².